The first kappa shape index (κ1) is 15.1. The fourth-order valence-electron chi connectivity index (χ4n) is 3.66. The molecule has 0 bridgehead atoms. The summed E-state index contributed by atoms with van der Waals surface area (Å²) in [7, 11) is 0. The molecule has 2 atom stereocenters. The van der Waals surface area contributed by atoms with Crippen molar-refractivity contribution in [2.45, 2.75) is 44.7 Å². The van der Waals surface area contributed by atoms with Gasteiger partial charge in [-0.1, -0.05) is 23.2 Å². The molecule has 2 fully saturated rings. The molecular formula is C15H22Cl2N2S. The topological polar surface area (TPSA) is 15.3 Å². The summed E-state index contributed by atoms with van der Waals surface area (Å²) in [4.78, 5) is 2.55. The van der Waals surface area contributed by atoms with Gasteiger partial charge in [-0.15, -0.1) is 11.3 Å². The molecule has 20 heavy (non-hydrogen) atoms. The molecule has 2 aliphatic rings. The Morgan fingerprint density at radius 3 is 2.60 bits per heavy atom. The van der Waals surface area contributed by atoms with Gasteiger partial charge in [0, 0.05) is 17.6 Å². The fourth-order valence-corrected chi connectivity index (χ4v) is 5.29. The van der Waals surface area contributed by atoms with E-state index in [1.165, 1.54) is 62.2 Å². The van der Waals surface area contributed by atoms with E-state index in [9.17, 15) is 0 Å². The van der Waals surface area contributed by atoms with E-state index >= 15 is 0 Å². The number of nitrogens with zero attached hydrogens (tertiary/aromatic N) is 1. The summed E-state index contributed by atoms with van der Waals surface area (Å²) in [5.74, 6) is 0.863. The number of hydrogen-bond donors (Lipinski definition) is 1. The van der Waals surface area contributed by atoms with Gasteiger partial charge in [-0.3, -0.25) is 4.90 Å². The molecule has 3 heterocycles. The van der Waals surface area contributed by atoms with Crippen LogP contribution >= 0.6 is 34.5 Å². The lowest BCUT2D eigenvalue weighted by molar-refractivity contribution is 0.127. The Labute approximate surface area is 135 Å². The van der Waals surface area contributed by atoms with Crippen LogP contribution in [-0.2, 0) is 0 Å². The van der Waals surface area contributed by atoms with Crippen LogP contribution in [0.2, 0.25) is 8.67 Å². The summed E-state index contributed by atoms with van der Waals surface area (Å²) >= 11 is 13.8. The highest BCUT2D eigenvalue weighted by atomic mass is 35.5. The second kappa shape index (κ2) is 6.53. The molecule has 3 rings (SSSR count). The number of hydrogen-bond acceptors (Lipinski definition) is 3. The van der Waals surface area contributed by atoms with Crippen LogP contribution < -0.4 is 5.32 Å². The predicted octanol–water partition coefficient (Wildman–Crippen LogP) is 4.58. The van der Waals surface area contributed by atoms with Crippen LogP contribution in [-0.4, -0.2) is 30.6 Å². The molecule has 0 radical (unpaired) electrons. The molecule has 2 unspecified atom stereocenters. The highest BCUT2D eigenvalue weighted by Gasteiger charge is 2.30. The highest BCUT2D eigenvalue weighted by Crippen LogP contribution is 2.38. The van der Waals surface area contributed by atoms with E-state index in [2.05, 4.69) is 17.1 Å². The molecule has 1 N–H and O–H groups in total. The molecule has 2 aliphatic heterocycles. The minimum atomic E-state index is 0.378. The molecule has 2 nitrogen and oxygen atoms in total. The normalized spacial score (nSPS) is 27.1. The van der Waals surface area contributed by atoms with E-state index in [4.69, 9.17) is 23.2 Å². The van der Waals surface area contributed by atoms with Gasteiger partial charge in [0.05, 0.1) is 8.67 Å². The van der Waals surface area contributed by atoms with Crippen molar-refractivity contribution >= 4 is 34.5 Å². The summed E-state index contributed by atoms with van der Waals surface area (Å²) in [6, 6.07) is 3.18. The van der Waals surface area contributed by atoms with Gasteiger partial charge in [0.2, 0.25) is 0 Å². The zero-order chi connectivity index (χ0) is 14.1. The van der Waals surface area contributed by atoms with Crippen molar-refractivity contribution in [3.8, 4) is 0 Å². The van der Waals surface area contributed by atoms with E-state index in [1.54, 1.807) is 0 Å². The molecule has 0 aliphatic carbocycles. The van der Waals surface area contributed by atoms with Crippen molar-refractivity contribution in [2.75, 3.05) is 19.6 Å². The van der Waals surface area contributed by atoms with Crippen molar-refractivity contribution in [1.29, 1.82) is 0 Å². The van der Waals surface area contributed by atoms with Crippen LogP contribution in [0.25, 0.3) is 0 Å². The fraction of sp³-hybridized carbons (Fsp3) is 0.733. The van der Waals surface area contributed by atoms with Gasteiger partial charge in [-0.25, -0.2) is 0 Å². The Bertz CT molecular complexity index is 449. The number of piperidine rings is 1. The number of halogens is 2. The van der Waals surface area contributed by atoms with Crippen LogP contribution in [0.15, 0.2) is 6.07 Å². The van der Waals surface area contributed by atoms with Crippen LogP contribution in [0.4, 0.5) is 0 Å². The smallest absolute Gasteiger partial charge is 0.0991 e. The lowest BCUT2D eigenvalue weighted by Gasteiger charge is -2.38. The third-order valence-corrected chi connectivity index (χ3v) is 6.44. The maximum Gasteiger partial charge on any atom is 0.0991 e. The van der Waals surface area contributed by atoms with Crippen molar-refractivity contribution in [2.24, 2.45) is 5.92 Å². The summed E-state index contributed by atoms with van der Waals surface area (Å²) in [5.41, 5.74) is 1.19. The average Bonchev–Trinajstić information content (AvgIpc) is 3.08. The Balaban J connectivity index is 1.58. The first-order valence-electron chi connectivity index (χ1n) is 7.57. The third kappa shape index (κ3) is 3.17. The number of nitrogens with one attached hydrogen (secondary N) is 1. The molecule has 0 amide bonds. The van der Waals surface area contributed by atoms with Gasteiger partial charge in [-0.05, 0) is 64.2 Å². The van der Waals surface area contributed by atoms with E-state index in [0.717, 1.165) is 20.6 Å². The molecule has 0 saturated carbocycles. The van der Waals surface area contributed by atoms with Crippen LogP contribution in [0, 0.1) is 5.92 Å². The Morgan fingerprint density at radius 1 is 1.30 bits per heavy atom. The first-order valence-corrected chi connectivity index (χ1v) is 9.14. The van der Waals surface area contributed by atoms with Crippen molar-refractivity contribution in [1.82, 2.24) is 10.2 Å². The maximum absolute atomic E-state index is 6.29. The van der Waals surface area contributed by atoms with Gasteiger partial charge >= 0.3 is 0 Å². The van der Waals surface area contributed by atoms with Crippen molar-refractivity contribution in [3.05, 3.63) is 20.3 Å². The van der Waals surface area contributed by atoms with Gasteiger partial charge in [-0.2, -0.15) is 0 Å². The Morgan fingerprint density at radius 2 is 2.05 bits per heavy atom. The average molecular weight is 333 g/mol. The Kier molecular flexibility index (Phi) is 4.94. The minimum Gasteiger partial charge on any atom is -0.314 e. The van der Waals surface area contributed by atoms with Crippen LogP contribution in [0.1, 0.15) is 44.2 Å². The van der Waals surface area contributed by atoms with Crippen LogP contribution in [0.5, 0.6) is 0 Å². The lowest BCUT2D eigenvalue weighted by Crippen LogP contribution is -2.41. The van der Waals surface area contributed by atoms with Crippen molar-refractivity contribution < 1.29 is 0 Å². The summed E-state index contributed by atoms with van der Waals surface area (Å²) in [5, 5.41) is 3.66. The predicted molar refractivity (Wildman–Crippen MR) is 88.1 cm³/mol. The summed E-state index contributed by atoms with van der Waals surface area (Å²) in [6.07, 6.45) is 5.32. The van der Waals surface area contributed by atoms with E-state index in [-0.39, 0.29) is 0 Å². The molecule has 112 valence electrons. The van der Waals surface area contributed by atoms with E-state index < -0.39 is 0 Å². The number of thiophene rings is 1. The molecule has 1 aromatic heterocycles. The summed E-state index contributed by atoms with van der Waals surface area (Å²) in [6.45, 7) is 5.81. The monoisotopic (exact) mass is 332 g/mol. The van der Waals surface area contributed by atoms with Gasteiger partial charge in [0.25, 0.3) is 0 Å². The molecule has 0 spiro atoms. The number of rotatable bonds is 3. The number of likely N-dealkylation sites (tertiary alicyclic amines) is 1. The quantitative estimate of drug-likeness (QED) is 0.871. The third-order valence-electron chi connectivity index (χ3n) is 4.92. The standard InChI is InChI=1S/C15H22Cl2N2S/c1-10(12-9-14(16)20-15(12)17)19-7-4-11(5-8-19)13-3-2-6-18-13/h9-11,13,18H,2-8H2,1H3. The first-order chi connectivity index (χ1) is 9.65. The zero-order valence-electron chi connectivity index (χ0n) is 11.9. The van der Waals surface area contributed by atoms with Crippen LogP contribution in [0.3, 0.4) is 0 Å². The van der Waals surface area contributed by atoms with Gasteiger partial charge in [0.1, 0.15) is 0 Å². The molecule has 0 aromatic carbocycles. The second-order valence-electron chi connectivity index (χ2n) is 6.03. The molecule has 2 saturated heterocycles. The van der Waals surface area contributed by atoms with Crippen molar-refractivity contribution in [3.63, 3.8) is 0 Å². The van der Waals surface area contributed by atoms with Gasteiger partial charge < -0.3 is 5.32 Å². The summed E-state index contributed by atoms with van der Waals surface area (Å²) < 4.78 is 1.64. The second-order valence-corrected chi connectivity index (χ2v) is 8.32. The SMILES string of the molecule is CC(c1cc(Cl)sc1Cl)N1CCC(C2CCCN2)CC1. The largest absolute Gasteiger partial charge is 0.314 e. The molecule has 1 aromatic rings. The Hall–Kier alpha value is 0.200. The molecular weight excluding hydrogens is 311 g/mol. The lowest BCUT2D eigenvalue weighted by atomic mass is 9.88. The van der Waals surface area contributed by atoms with E-state index in [0.29, 0.717) is 6.04 Å². The van der Waals surface area contributed by atoms with E-state index in [1.807, 2.05) is 6.07 Å². The zero-order valence-corrected chi connectivity index (χ0v) is 14.2. The van der Waals surface area contributed by atoms with Gasteiger partial charge in [0.15, 0.2) is 0 Å². The maximum atomic E-state index is 6.29. The minimum absolute atomic E-state index is 0.378. The molecule has 5 heteroatoms. The highest BCUT2D eigenvalue weighted by molar-refractivity contribution is 7.20.